The Morgan fingerprint density at radius 2 is 1.96 bits per heavy atom. The lowest BCUT2D eigenvalue weighted by molar-refractivity contribution is 0.102. The van der Waals surface area contributed by atoms with Crippen molar-refractivity contribution in [2.24, 2.45) is 0 Å². The van der Waals surface area contributed by atoms with Crippen LogP contribution < -0.4 is 10.6 Å². The predicted molar refractivity (Wildman–Crippen MR) is 111 cm³/mol. The number of nitrogens with zero attached hydrogens (tertiary/aromatic N) is 2. The van der Waals surface area contributed by atoms with Crippen molar-refractivity contribution in [1.82, 2.24) is 15.2 Å². The highest BCUT2D eigenvalue weighted by molar-refractivity contribution is 6.03. The lowest BCUT2D eigenvalue weighted by atomic mass is 10.1. The number of rotatable bonds is 6. The van der Waals surface area contributed by atoms with Gasteiger partial charge in [0.1, 0.15) is 5.69 Å². The lowest BCUT2D eigenvalue weighted by Gasteiger charge is -2.12. The molecule has 6 nitrogen and oxygen atoms in total. The normalized spacial score (nSPS) is 9.93. The van der Waals surface area contributed by atoms with Crippen LogP contribution in [0, 0.1) is 0 Å². The Hall–Kier alpha value is -3.15. The fourth-order valence-corrected chi connectivity index (χ4v) is 2.63. The monoisotopic (exact) mass is 365 g/mol. The zero-order valence-electron chi connectivity index (χ0n) is 16.3. The van der Waals surface area contributed by atoms with E-state index in [1.165, 1.54) is 5.56 Å². The summed E-state index contributed by atoms with van der Waals surface area (Å²) in [6.45, 7) is 9.02. The van der Waals surface area contributed by atoms with E-state index in [2.05, 4.69) is 39.7 Å². The van der Waals surface area contributed by atoms with Crippen molar-refractivity contribution in [3.63, 3.8) is 0 Å². The molecule has 0 aliphatic heterocycles. The van der Waals surface area contributed by atoms with E-state index in [9.17, 15) is 4.79 Å². The van der Waals surface area contributed by atoms with Crippen LogP contribution in [0.1, 0.15) is 43.7 Å². The van der Waals surface area contributed by atoms with Gasteiger partial charge in [-0.05, 0) is 49.2 Å². The first-order chi connectivity index (χ1) is 13.2. The van der Waals surface area contributed by atoms with Crippen LogP contribution in [0.25, 0.3) is 11.3 Å². The lowest BCUT2D eigenvalue weighted by Crippen LogP contribution is -2.14. The average Bonchev–Trinajstić information content (AvgIpc) is 3.26. The number of aromatic nitrogens is 3. The average molecular weight is 365 g/mol. The molecule has 3 aromatic rings. The number of benzene rings is 1. The first kappa shape index (κ1) is 20.2. The van der Waals surface area contributed by atoms with Gasteiger partial charge in [-0.2, -0.15) is 5.10 Å². The van der Waals surface area contributed by atoms with Crippen LogP contribution in [0.4, 0.5) is 11.4 Å². The largest absolute Gasteiger partial charge is 0.385 e. The molecule has 0 bridgehead atoms. The Bertz CT molecular complexity index is 859. The van der Waals surface area contributed by atoms with Gasteiger partial charge in [-0.15, -0.1) is 0 Å². The third-order valence-electron chi connectivity index (χ3n) is 3.89. The molecule has 0 spiro atoms. The molecule has 1 aromatic carbocycles. The fourth-order valence-electron chi connectivity index (χ4n) is 2.63. The SMILES string of the molecule is CC.CCNc1ccc(NC(=O)c2cccc(-c3cn[nH]c3)n2)cc1CC. The van der Waals surface area contributed by atoms with E-state index < -0.39 is 0 Å². The summed E-state index contributed by atoms with van der Waals surface area (Å²) in [4.78, 5) is 16.9. The first-order valence-electron chi connectivity index (χ1n) is 9.35. The molecule has 0 saturated heterocycles. The Morgan fingerprint density at radius 1 is 1.15 bits per heavy atom. The molecule has 142 valence electrons. The van der Waals surface area contributed by atoms with E-state index in [0.717, 1.165) is 29.9 Å². The number of aryl methyl sites for hydroxylation is 1. The molecule has 3 rings (SSSR count). The molecule has 2 heterocycles. The zero-order chi connectivity index (χ0) is 19.6. The van der Waals surface area contributed by atoms with Crippen molar-refractivity contribution >= 4 is 17.3 Å². The first-order valence-corrected chi connectivity index (χ1v) is 9.35. The van der Waals surface area contributed by atoms with Crippen molar-refractivity contribution in [1.29, 1.82) is 0 Å². The zero-order valence-corrected chi connectivity index (χ0v) is 16.3. The van der Waals surface area contributed by atoms with E-state index >= 15 is 0 Å². The number of carbonyl (C=O) groups excluding carboxylic acids is 1. The van der Waals surface area contributed by atoms with E-state index in [4.69, 9.17) is 0 Å². The Labute approximate surface area is 160 Å². The second-order valence-corrected chi connectivity index (χ2v) is 5.60. The van der Waals surface area contributed by atoms with Gasteiger partial charge in [0.05, 0.1) is 11.9 Å². The van der Waals surface area contributed by atoms with Crippen molar-refractivity contribution in [2.45, 2.75) is 34.1 Å². The van der Waals surface area contributed by atoms with Crippen LogP contribution in [0.5, 0.6) is 0 Å². The summed E-state index contributed by atoms with van der Waals surface area (Å²) in [7, 11) is 0. The maximum atomic E-state index is 12.5. The summed E-state index contributed by atoms with van der Waals surface area (Å²) in [5.41, 5.74) is 4.95. The summed E-state index contributed by atoms with van der Waals surface area (Å²) in [5.74, 6) is -0.233. The maximum absolute atomic E-state index is 12.5. The summed E-state index contributed by atoms with van der Waals surface area (Å²) in [5, 5.41) is 12.9. The second-order valence-electron chi connectivity index (χ2n) is 5.60. The van der Waals surface area contributed by atoms with Crippen molar-refractivity contribution < 1.29 is 4.79 Å². The van der Waals surface area contributed by atoms with Gasteiger partial charge in [0.2, 0.25) is 0 Å². The van der Waals surface area contributed by atoms with Gasteiger partial charge < -0.3 is 10.6 Å². The Kier molecular flexibility index (Phi) is 7.55. The number of nitrogens with one attached hydrogen (secondary N) is 3. The molecule has 0 aliphatic carbocycles. The maximum Gasteiger partial charge on any atom is 0.274 e. The van der Waals surface area contributed by atoms with Crippen molar-refractivity contribution in [2.75, 3.05) is 17.2 Å². The van der Waals surface area contributed by atoms with E-state index in [-0.39, 0.29) is 5.91 Å². The summed E-state index contributed by atoms with van der Waals surface area (Å²) in [6.07, 6.45) is 4.31. The smallest absolute Gasteiger partial charge is 0.274 e. The molecule has 0 unspecified atom stereocenters. The van der Waals surface area contributed by atoms with Crippen LogP contribution in [0.15, 0.2) is 48.8 Å². The number of carbonyl (C=O) groups is 1. The highest BCUT2D eigenvalue weighted by Gasteiger charge is 2.11. The molecular formula is C21H27N5O. The molecule has 2 aromatic heterocycles. The van der Waals surface area contributed by atoms with Crippen molar-refractivity contribution in [3.05, 3.63) is 60.0 Å². The minimum absolute atomic E-state index is 0.233. The molecule has 3 N–H and O–H groups in total. The van der Waals surface area contributed by atoms with Crippen LogP contribution in [-0.2, 0) is 6.42 Å². The molecule has 0 atom stereocenters. The molecule has 0 fully saturated rings. The highest BCUT2D eigenvalue weighted by atomic mass is 16.1. The minimum atomic E-state index is -0.233. The number of amides is 1. The molecule has 0 aliphatic rings. The fraction of sp³-hybridized carbons (Fsp3) is 0.286. The molecule has 6 heteroatoms. The van der Waals surface area contributed by atoms with Crippen LogP contribution in [-0.4, -0.2) is 27.6 Å². The molecule has 0 radical (unpaired) electrons. The quantitative estimate of drug-likeness (QED) is 0.589. The standard InChI is InChI=1S/C19H21N5O.C2H6/c1-3-13-10-15(8-9-16(13)20-4-2)23-19(25)18-7-5-6-17(24-18)14-11-21-22-12-14;1-2/h5-12,20H,3-4H2,1-2H3,(H,21,22)(H,23,25);1-2H3. The van der Waals surface area contributed by atoms with Gasteiger partial charge in [-0.1, -0.05) is 26.8 Å². The van der Waals surface area contributed by atoms with Crippen LogP contribution >= 0.6 is 0 Å². The van der Waals surface area contributed by atoms with Crippen molar-refractivity contribution in [3.8, 4) is 11.3 Å². The van der Waals surface area contributed by atoms with Gasteiger partial charge in [0.15, 0.2) is 0 Å². The third-order valence-corrected chi connectivity index (χ3v) is 3.89. The molecular weight excluding hydrogens is 338 g/mol. The number of anilines is 2. The summed E-state index contributed by atoms with van der Waals surface area (Å²) < 4.78 is 0. The number of hydrogen-bond acceptors (Lipinski definition) is 4. The highest BCUT2D eigenvalue weighted by Crippen LogP contribution is 2.22. The predicted octanol–water partition coefficient (Wildman–Crippen LogP) is 4.74. The number of hydrogen-bond donors (Lipinski definition) is 3. The Balaban J connectivity index is 0.00000126. The molecule has 27 heavy (non-hydrogen) atoms. The van der Waals surface area contributed by atoms with Gasteiger partial charge >= 0.3 is 0 Å². The number of aromatic amines is 1. The summed E-state index contributed by atoms with van der Waals surface area (Å²) in [6, 6.07) is 11.3. The topological polar surface area (TPSA) is 82.7 Å². The number of H-pyrrole nitrogens is 1. The van der Waals surface area contributed by atoms with E-state index in [1.807, 2.05) is 44.2 Å². The van der Waals surface area contributed by atoms with Gasteiger partial charge in [0.25, 0.3) is 5.91 Å². The second kappa shape index (κ2) is 10.1. The van der Waals surface area contributed by atoms with Crippen LogP contribution in [0.3, 0.4) is 0 Å². The molecule has 1 amide bonds. The van der Waals surface area contributed by atoms with E-state index in [1.54, 1.807) is 18.5 Å². The van der Waals surface area contributed by atoms with Gasteiger partial charge in [-0.25, -0.2) is 4.98 Å². The van der Waals surface area contributed by atoms with Gasteiger partial charge in [0, 0.05) is 29.7 Å². The summed E-state index contributed by atoms with van der Waals surface area (Å²) >= 11 is 0. The third kappa shape index (κ3) is 5.17. The van der Waals surface area contributed by atoms with E-state index in [0.29, 0.717) is 11.4 Å². The van der Waals surface area contributed by atoms with Gasteiger partial charge in [-0.3, -0.25) is 9.89 Å². The Morgan fingerprint density at radius 3 is 2.63 bits per heavy atom. The minimum Gasteiger partial charge on any atom is -0.385 e. The van der Waals surface area contributed by atoms with Crippen LogP contribution in [0.2, 0.25) is 0 Å². The molecule has 0 saturated carbocycles. The number of pyridine rings is 1.